The van der Waals surface area contributed by atoms with E-state index in [1.165, 1.54) is 0 Å². The summed E-state index contributed by atoms with van der Waals surface area (Å²) < 4.78 is 20.9. The third kappa shape index (κ3) is 4.45. The fraction of sp³-hybridized carbons (Fsp3) is 0.231. The molecule has 6 heteroatoms. The number of nitrogens with zero attached hydrogens (tertiary/aromatic N) is 2. The first-order valence-corrected chi connectivity index (χ1v) is 10.0. The zero-order chi connectivity index (χ0) is 23.1. The fourth-order valence-corrected chi connectivity index (χ4v) is 3.67. The van der Waals surface area contributed by atoms with E-state index in [4.69, 9.17) is 29.5 Å². The average Bonchev–Trinajstić information content (AvgIpc) is 2.86. The summed E-state index contributed by atoms with van der Waals surface area (Å²) in [7, 11) is 6.40. The van der Waals surface area contributed by atoms with Gasteiger partial charge in [0, 0.05) is 5.39 Å². The van der Waals surface area contributed by atoms with Gasteiger partial charge < -0.3 is 18.9 Å². The summed E-state index contributed by atoms with van der Waals surface area (Å²) in [4.78, 5) is 0. The van der Waals surface area contributed by atoms with Gasteiger partial charge in [0.25, 0.3) is 0 Å². The van der Waals surface area contributed by atoms with Gasteiger partial charge in [-0.25, -0.2) is 0 Å². The van der Waals surface area contributed by atoms with Gasteiger partial charge in [0.2, 0.25) is 0 Å². The molecule has 3 aromatic carbocycles. The molecule has 0 aromatic heterocycles. The van der Waals surface area contributed by atoms with Crippen molar-refractivity contribution in [1.82, 2.24) is 0 Å². The highest BCUT2D eigenvalue weighted by Gasteiger charge is 2.16. The van der Waals surface area contributed by atoms with Crippen LogP contribution < -0.4 is 18.9 Å². The molecule has 0 saturated heterocycles. The summed E-state index contributed by atoms with van der Waals surface area (Å²) in [6.07, 6.45) is 3.82. The van der Waals surface area contributed by atoms with E-state index in [0.717, 1.165) is 46.1 Å². The van der Waals surface area contributed by atoms with Crippen molar-refractivity contribution in [2.45, 2.75) is 12.8 Å². The predicted octanol–water partition coefficient (Wildman–Crippen LogP) is 5.29. The van der Waals surface area contributed by atoms with Crippen LogP contribution in [0.2, 0.25) is 0 Å². The molecule has 0 bridgehead atoms. The van der Waals surface area contributed by atoms with E-state index in [2.05, 4.69) is 12.1 Å². The first-order chi connectivity index (χ1) is 15.6. The number of methoxy groups -OCH3 is 4. The SMILES string of the molecule is COc1cc2c(cc1OC)C(C#N)=CCC2.COc1cc2cccc(C#N)c2cc1OC. The highest BCUT2D eigenvalue weighted by Crippen LogP contribution is 2.36. The maximum Gasteiger partial charge on any atom is 0.161 e. The van der Waals surface area contributed by atoms with Gasteiger partial charge in [-0.05, 0) is 59.7 Å². The van der Waals surface area contributed by atoms with Crippen LogP contribution in [0.15, 0.2) is 48.5 Å². The van der Waals surface area contributed by atoms with Crippen molar-refractivity contribution >= 4 is 16.3 Å². The summed E-state index contributed by atoms with van der Waals surface area (Å²) in [6, 6.07) is 17.5. The number of nitriles is 2. The summed E-state index contributed by atoms with van der Waals surface area (Å²) in [5.74, 6) is 2.70. The molecule has 0 saturated carbocycles. The molecule has 0 radical (unpaired) electrons. The Morgan fingerprint density at radius 2 is 1.38 bits per heavy atom. The molecular weight excluding hydrogens is 404 g/mol. The molecule has 3 aromatic rings. The van der Waals surface area contributed by atoms with Crippen LogP contribution in [0.1, 0.15) is 23.1 Å². The Labute approximate surface area is 187 Å². The molecule has 0 atom stereocenters. The molecule has 0 aliphatic heterocycles. The second kappa shape index (κ2) is 10.2. The predicted molar refractivity (Wildman–Crippen MR) is 123 cm³/mol. The van der Waals surface area contributed by atoms with E-state index in [1.807, 2.05) is 42.5 Å². The van der Waals surface area contributed by atoms with Gasteiger partial charge in [-0.1, -0.05) is 18.2 Å². The maximum atomic E-state index is 9.04. The molecule has 4 rings (SSSR count). The number of ether oxygens (including phenoxy) is 4. The molecular formula is C26H24N2O4. The van der Waals surface area contributed by atoms with Gasteiger partial charge in [-0.3, -0.25) is 0 Å². The summed E-state index contributed by atoms with van der Waals surface area (Å²) >= 11 is 0. The van der Waals surface area contributed by atoms with Crippen molar-refractivity contribution in [3.63, 3.8) is 0 Å². The second-order valence-electron chi connectivity index (χ2n) is 6.98. The van der Waals surface area contributed by atoms with Crippen molar-refractivity contribution in [2.24, 2.45) is 0 Å². The Balaban J connectivity index is 0.000000181. The average molecular weight is 428 g/mol. The second-order valence-corrected chi connectivity index (χ2v) is 6.98. The Bertz CT molecular complexity index is 1250. The van der Waals surface area contributed by atoms with Crippen molar-refractivity contribution in [3.8, 4) is 35.1 Å². The fourth-order valence-electron chi connectivity index (χ4n) is 3.67. The Morgan fingerprint density at radius 3 is 2.00 bits per heavy atom. The molecule has 1 aliphatic carbocycles. The third-order valence-corrected chi connectivity index (χ3v) is 5.29. The number of aryl methyl sites for hydroxylation is 1. The molecule has 0 N–H and O–H groups in total. The zero-order valence-corrected chi connectivity index (χ0v) is 18.6. The van der Waals surface area contributed by atoms with Crippen molar-refractivity contribution in [1.29, 1.82) is 10.5 Å². The minimum Gasteiger partial charge on any atom is -0.493 e. The number of hydrogen-bond donors (Lipinski definition) is 0. The lowest BCUT2D eigenvalue weighted by atomic mass is 9.91. The van der Waals surface area contributed by atoms with Crippen LogP contribution >= 0.6 is 0 Å². The first kappa shape index (κ1) is 22.5. The number of rotatable bonds is 4. The van der Waals surface area contributed by atoms with Crippen molar-refractivity contribution in [3.05, 3.63) is 65.2 Å². The van der Waals surface area contributed by atoms with E-state index >= 15 is 0 Å². The summed E-state index contributed by atoms with van der Waals surface area (Å²) in [6.45, 7) is 0. The molecule has 1 aliphatic rings. The van der Waals surface area contributed by atoms with Gasteiger partial charge in [0.1, 0.15) is 0 Å². The summed E-state index contributed by atoms with van der Waals surface area (Å²) in [5.41, 5.74) is 3.48. The van der Waals surface area contributed by atoms with E-state index in [1.54, 1.807) is 34.5 Å². The monoisotopic (exact) mass is 428 g/mol. The standard InChI is InChI=1S/C13H13NO2.C13H11NO2/c2*1-15-12-6-9-4-3-5-10(8-14)11(9)7-13(12)16-2/h5-7H,3-4H2,1-2H3;3-7H,1-2H3. The Kier molecular flexibility index (Phi) is 7.21. The van der Waals surface area contributed by atoms with Gasteiger partial charge in [0.15, 0.2) is 23.0 Å². The zero-order valence-electron chi connectivity index (χ0n) is 18.6. The molecule has 0 heterocycles. The number of benzene rings is 3. The lowest BCUT2D eigenvalue weighted by Gasteiger charge is -2.17. The third-order valence-electron chi connectivity index (χ3n) is 5.29. The van der Waals surface area contributed by atoms with Crippen LogP contribution in [-0.2, 0) is 6.42 Å². The summed E-state index contributed by atoms with van der Waals surface area (Å²) in [5, 5.41) is 19.9. The quantitative estimate of drug-likeness (QED) is 0.562. The van der Waals surface area contributed by atoms with E-state index in [-0.39, 0.29) is 0 Å². The molecule has 0 fully saturated rings. The van der Waals surface area contributed by atoms with Crippen LogP contribution in [0.3, 0.4) is 0 Å². The highest BCUT2D eigenvalue weighted by atomic mass is 16.5. The van der Waals surface area contributed by atoms with Gasteiger partial charge in [0.05, 0.1) is 51.7 Å². The van der Waals surface area contributed by atoms with Crippen LogP contribution in [-0.4, -0.2) is 28.4 Å². The van der Waals surface area contributed by atoms with E-state index in [9.17, 15) is 0 Å². The molecule has 32 heavy (non-hydrogen) atoms. The minimum absolute atomic E-state index is 0.637. The molecule has 162 valence electrons. The van der Waals surface area contributed by atoms with E-state index < -0.39 is 0 Å². The highest BCUT2D eigenvalue weighted by molar-refractivity contribution is 5.90. The lowest BCUT2D eigenvalue weighted by Crippen LogP contribution is -2.01. The number of allylic oxidation sites excluding steroid dienone is 2. The normalized spacial score (nSPS) is 11.6. The van der Waals surface area contributed by atoms with Gasteiger partial charge in [-0.2, -0.15) is 10.5 Å². The van der Waals surface area contributed by atoms with Crippen LogP contribution in [0.4, 0.5) is 0 Å². The lowest BCUT2D eigenvalue weighted by molar-refractivity contribution is 0.354. The van der Waals surface area contributed by atoms with Crippen molar-refractivity contribution < 1.29 is 18.9 Å². The van der Waals surface area contributed by atoms with Crippen LogP contribution in [0.25, 0.3) is 16.3 Å². The van der Waals surface area contributed by atoms with Crippen LogP contribution in [0, 0.1) is 22.7 Å². The molecule has 0 amide bonds. The Morgan fingerprint density at radius 1 is 0.750 bits per heavy atom. The minimum atomic E-state index is 0.637. The molecule has 0 spiro atoms. The molecule has 6 nitrogen and oxygen atoms in total. The number of fused-ring (bicyclic) bond motifs is 2. The van der Waals surface area contributed by atoms with E-state index in [0.29, 0.717) is 22.8 Å². The van der Waals surface area contributed by atoms with Gasteiger partial charge in [-0.15, -0.1) is 0 Å². The Hall–Kier alpha value is -4.16. The topological polar surface area (TPSA) is 84.5 Å². The number of hydrogen-bond acceptors (Lipinski definition) is 6. The first-order valence-electron chi connectivity index (χ1n) is 10.0. The largest absolute Gasteiger partial charge is 0.493 e. The smallest absolute Gasteiger partial charge is 0.161 e. The maximum absolute atomic E-state index is 9.04. The van der Waals surface area contributed by atoms with Crippen LogP contribution in [0.5, 0.6) is 23.0 Å². The molecule has 0 unspecified atom stereocenters. The van der Waals surface area contributed by atoms with Gasteiger partial charge >= 0.3 is 0 Å². The van der Waals surface area contributed by atoms with Crippen molar-refractivity contribution in [2.75, 3.05) is 28.4 Å².